The average Bonchev–Trinajstić information content (AvgIpc) is 2.57. The van der Waals surface area contributed by atoms with Crippen molar-refractivity contribution in [1.29, 1.82) is 0 Å². The van der Waals surface area contributed by atoms with E-state index in [0.717, 1.165) is 6.08 Å². The first-order chi connectivity index (χ1) is 12.4. The fourth-order valence-corrected chi connectivity index (χ4v) is 2.44. The summed E-state index contributed by atoms with van der Waals surface area (Å²) >= 11 is 6.15. The second kappa shape index (κ2) is 8.28. The van der Waals surface area contributed by atoms with Crippen LogP contribution in [-0.4, -0.2) is 24.6 Å². The maximum Gasteiger partial charge on any atom is 0.351 e. The summed E-state index contributed by atoms with van der Waals surface area (Å²) in [4.78, 5) is 24.0. The van der Waals surface area contributed by atoms with Crippen molar-refractivity contribution in [3.63, 3.8) is 0 Å². The van der Waals surface area contributed by atoms with Crippen LogP contribution in [0.3, 0.4) is 0 Å². The molecule has 0 saturated heterocycles. The highest BCUT2D eigenvalue weighted by atomic mass is 35.5. The van der Waals surface area contributed by atoms with Gasteiger partial charge in [0, 0.05) is 6.07 Å². The number of hydrogen-bond donors (Lipinski definition) is 1. The Balaban J connectivity index is 2.34. The van der Waals surface area contributed by atoms with Crippen LogP contribution in [0.4, 0.5) is 0 Å². The quantitative estimate of drug-likeness (QED) is 0.474. The number of allylic oxidation sites excluding steroid dienone is 1. The molecule has 0 aliphatic heterocycles. The van der Waals surface area contributed by atoms with Gasteiger partial charge in [0.05, 0.1) is 12.1 Å². The molecule has 26 heavy (non-hydrogen) atoms. The molecule has 1 heterocycles. The lowest BCUT2D eigenvalue weighted by atomic mass is 10.1. The summed E-state index contributed by atoms with van der Waals surface area (Å²) in [7, 11) is 1.43. The lowest BCUT2D eigenvalue weighted by molar-refractivity contribution is 0.104. The third-order valence-corrected chi connectivity index (χ3v) is 3.56. The SMILES string of the molecule is C#CCOc1c(Cl)cc(/C=C/C(=O)c2c(O)cc(C)oc2=O)cc1OC. The minimum atomic E-state index is -0.911. The first-order valence-corrected chi connectivity index (χ1v) is 7.75. The number of benzene rings is 1. The highest BCUT2D eigenvalue weighted by Gasteiger charge is 2.16. The second-order valence-electron chi connectivity index (χ2n) is 5.13. The Hall–Kier alpha value is -3.17. The number of ether oxygens (including phenoxy) is 2. The highest BCUT2D eigenvalue weighted by Crippen LogP contribution is 2.36. The zero-order valence-corrected chi connectivity index (χ0v) is 14.8. The van der Waals surface area contributed by atoms with Gasteiger partial charge in [-0.2, -0.15) is 0 Å². The van der Waals surface area contributed by atoms with E-state index in [1.165, 1.54) is 32.2 Å². The van der Waals surface area contributed by atoms with Crippen LogP contribution in [0.2, 0.25) is 5.02 Å². The maximum absolute atomic E-state index is 12.2. The van der Waals surface area contributed by atoms with Gasteiger partial charge in [0.15, 0.2) is 17.3 Å². The van der Waals surface area contributed by atoms with Gasteiger partial charge in [-0.05, 0) is 30.7 Å². The molecule has 134 valence electrons. The molecule has 2 aromatic rings. The van der Waals surface area contributed by atoms with Gasteiger partial charge in [0.25, 0.3) is 0 Å². The molecule has 0 radical (unpaired) electrons. The Morgan fingerprint density at radius 3 is 2.77 bits per heavy atom. The lowest BCUT2D eigenvalue weighted by Crippen LogP contribution is -2.12. The van der Waals surface area contributed by atoms with E-state index in [1.54, 1.807) is 6.07 Å². The number of carbonyl (C=O) groups is 1. The maximum atomic E-state index is 12.2. The molecule has 0 atom stereocenters. The summed E-state index contributed by atoms with van der Waals surface area (Å²) in [5.74, 6) is 1.99. The topological polar surface area (TPSA) is 86.0 Å². The van der Waals surface area contributed by atoms with Crippen LogP contribution in [0.25, 0.3) is 6.08 Å². The average molecular weight is 375 g/mol. The Bertz CT molecular complexity index is 965. The van der Waals surface area contributed by atoms with E-state index in [2.05, 4.69) is 5.92 Å². The first-order valence-electron chi connectivity index (χ1n) is 7.37. The standard InChI is InChI=1S/C19H15ClO6/c1-4-7-25-18-13(20)9-12(10-16(18)24-3)5-6-14(21)17-15(22)8-11(2)26-19(17)23/h1,5-6,8-10,22H,7H2,2-3H3/b6-5+. The molecule has 7 heteroatoms. The van der Waals surface area contributed by atoms with E-state index < -0.39 is 22.7 Å². The number of hydrogen-bond acceptors (Lipinski definition) is 6. The van der Waals surface area contributed by atoms with Gasteiger partial charge in [0.1, 0.15) is 23.7 Å². The normalized spacial score (nSPS) is 10.5. The number of aryl methyl sites for hydroxylation is 1. The zero-order chi connectivity index (χ0) is 19.3. The Morgan fingerprint density at radius 1 is 1.42 bits per heavy atom. The van der Waals surface area contributed by atoms with E-state index in [1.807, 2.05) is 0 Å². The van der Waals surface area contributed by atoms with Crippen molar-refractivity contribution in [2.24, 2.45) is 0 Å². The minimum absolute atomic E-state index is 0.0201. The number of ketones is 1. The molecule has 1 aromatic heterocycles. The summed E-state index contributed by atoms with van der Waals surface area (Å²) in [5, 5.41) is 10.0. The molecule has 0 bridgehead atoms. The van der Waals surface area contributed by atoms with Crippen molar-refractivity contribution in [1.82, 2.24) is 0 Å². The third-order valence-electron chi connectivity index (χ3n) is 3.28. The molecule has 0 fully saturated rings. The number of methoxy groups -OCH3 is 1. The van der Waals surface area contributed by atoms with Gasteiger partial charge in [-0.15, -0.1) is 6.42 Å². The van der Waals surface area contributed by atoms with Gasteiger partial charge >= 0.3 is 5.63 Å². The molecule has 0 amide bonds. The summed E-state index contributed by atoms with van der Waals surface area (Å²) in [6, 6.07) is 4.32. The van der Waals surface area contributed by atoms with Gasteiger partial charge in [-0.25, -0.2) is 4.79 Å². The van der Waals surface area contributed by atoms with E-state index in [-0.39, 0.29) is 23.1 Å². The largest absolute Gasteiger partial charge is 0.507 e. The van der Waals surface area contributed by atoms with Gasteiger partial charge < -0.3 is 19.0 Å². The van der Waals surface area contributed by atoms with Crippen molar-refractivity contribution in [2.75, 3.05) is 13.7 Å². The van der Waals surface area contributed by atoms with Crippen LogP contribution in [-0.2, 0) is 0 Å². The van der Waals surface area contributed by atoms with Crippen molar-refractivity contribution in [2.45, 2.75) is 6.92 Å². The van der Waals surface area contributed by atoms with Crippen LogP contribution in [0, 0.1) is 19.3 Å². The van der Waals surface area contributed by atoms with Crippen LogP contribution in [0.15, 0.2) is 33.5 Å². The van der Waals surface area contributed by atoms with Gasteiger partial charge in [0.2, 0.25) is 0 Å². The molecule has 0 aliphatic carbocycles. The summed E-state index contributed by atoms with van der Waals surface area (Å²) in [5.41, 5.74) is -0.839. The summed E-state index contributed by atoms with van der Waals surface area (Å²) in [6.07, 6.45) is 7.69. The van der Waals surface area contributed by atoms with Gasteiger partial charge in [-0.3, -0.25) is 4.79 Å². The van der Waals surface area contributed by atoms with Gasteiger partial charge in [-0.1, -0.05) is 23.6 Å². The highest BCUT2D eigenvalue weighted by molar-refractivity contribution is 6.32. The molecule has 0 spiro atoms. The van der Waals surface area contributed by atoms with E-state index in [0.29, 0.717) is 11.3 Å². The summed E-state index contributed by atoms with van der Waals surface area (Å²) in [6.45, 7) is 1.51. The van der Waals surface area contributed by atoms with Crippen molar-refractivity contribution in [3.05, 3.63) is 56.6 Å². The predicted octanol–water partition coefficient (Wildman–Crippen LogP) is 3.22. The van der Waals surface area contributed by atoms with Crippen molar-refractivity contribution in [3.8, 4) is 29.6 Å². The van der Waals surface area contributed by atoms with E-state index >= 15 is 0 Å². The lowest BCUT2D eigenvalue weighted by Gasteiger charge is -2.11. The van der Waals surface area contributed by atoms with Crippen LogP contribution in [0.5, 0.6) is 17.2 Å². The number of aromatic hydroxyl groups is 1. The van der Waals surface area contributed by atoms with Crippen LogP contribution < -0.4 is 15.1 Å². The molecule has 0 aliphatic rings. The Kier molecular flexibility index (Phi) is 6.10. The molecular weight excluding hydrogens is 360 g/mol. The first kappa shape index (κ1) is 19.2. The molecule has 1 N–H and O–H groups in total. The van der Waals surface area contributed by atoms with Crippen LogP contribution in [0.1, 0.15) is 21.7 Å². The monoisotopic (exact) mass is 374 g/mol. The second-order valence-corrected chi connectivity index (χ2v) is 5.54. The number of carbonyl (C=O) groups excluding carboxylic acids is 1. The van der Waals surface area contributed by atoms with E-state index in [9.17, 15) is 14.7 Å². The molecule has 1 aromatic carbocycles. The van der Waals surface area contributed by atoms with Crippen molar-refractivity contribution >= 4 is 23.5 Å². The number of halogens is 1. The van der Waals surface area contributed by atoms with Crippen molar-refractivity contribution < 1.29 is 23.8 Å². The molecular formula is C19H15ClO6. The predicted molar refractivity (Wildman–Crippen MR) is 97.1 cm³/mol. The molecule has 0 unspecified atom stereocenters. The smallest absolute Gasteiger partial charge is 0.351 e. The number of rotatable bonds is 6. The van der Waals surface area contributed by atoms with Crippen LogP contribution >= 0.6 is 11.6 Å². The molecule has 6 nitrogen and oxygen atoms in total. The molecule has 2 rings (SSSR count). The Morgan fingerprint density at radius 2 is 2.15 bits per heavy atom. The minimum Gasteiger partial charge on any atom is -0.507 e. The Labute approximate surface area is 154 Å². The zero-order valence-electron chi connectivity index (χ0n) is 14.0. The fraction of sp³-hybridized carbons (Fsp3) is 0.158. The molecule has 0 saturated carbocycles. The fourth-order valence-electron chi connectivity index (χ4n) is 2.17. The van der Waals surface area contributed by atoms with E-state index in [4.69, 9.17) is 31.9 Å². The third kappa shape index (κ3) is 4.26. The summed E-state index contributed by atoms with van der Waals surface area (Å²) < 4.78 is 15.4. The number of terminal acetylenes is 1.